The van der Waals surface area contributed by atoms with E-state index < -0.39 is 10.0 Å². The summed E-state index contributed by atoms with van der Waals surface area (Å²) in [5.41, 5.74) is 4.81. The fourth-order valence-corrected chi connectivity index (χ4v) is 5.50. The van der Waals surface area contributed by atoms with Crippen molar-refractivity contribution in [2.45, 2.75) is 30.6 Å². The molecule has 1 aliphatic heterocycles. The van der Waals surface area contributed by atoms with Crippen LogP contribution in [0.15, 0.2) is 53.8 Å². The minimum Gasteiger partial charge on any atom is -0.345 e. The molecule has 0 amide bonds. The van der Waals surface area contributed by atoms with E-state index in [2.05, 4.69) is 19.4 Å². The van der Waals surface area contributed by atoms with E-state index >= 15 is 0 Å². The fraction of sp³-hybridized carbons (Fsp3) is 0.300. The number of aromatic nitrogens is 4. The van der Waals surface area contributed by atoms with Crippen molar-refractivity contribution in [3.63, 3.8) is 0 Å². The molecule has 1 aromatic carbocycles. The zero-order valence-corrected chi connectivity index (χ0v) is 16.4. The molecule has 5 rings (SSSR count). The van der Waals surface area contributed by atoms with Gasteiger partial charge in [0.05, 0.1) is 16.6 Å². The molecule has 4 heterocycles. The van der Waals surface area contributed by atoms with Gasteiger partial charge in [0.15, 0.2) is 11.3 Å². The topological polar surface area (TPSA) is 83.4 Å². The van der Waals surface area contributed by atoms with Gasteiger partial charge < -0.3 is 4.98 Å². The lowest BCUT2D eigenvalue weighted by Gasteiger charge is -2.31. The Morgan fingerprint density at radius 2 is 1.79 bits per heavy atom. The second-order valence-electron chi connectivity index (χ2n) is 7.34. The number of rotatable bonds is 3. The van der Waals surface area contributed by atoms with Crippen LogP contribution in [0.2, 0.25) is 0 Å². The van der Waals surface area contributed by atoms with Gasteiger partial charge in [-0.15, -0.1) is 0 Å². The lowest BCUT2D eigenvalue weighted by atomic mass is 9.95. The highest BCUT2D eigenvalue weighted by Gasteiger charge is 2.31. The molecule has 0 spiro atoms. The quantitative estimate of drug-likeness (QED) is 0.578. The van der Waals surface area contributed by atoms with Crippen LogP contribution in [-0.2, 0) is 10.0 Å². The maximum atomic E-state index is 12.9. The predicted octanol–water partition coefficient (Wildman–Crippen LogP) is 3.09. The number of aryl methyl sites for hydroxylation is 1. The fourth-order valence-electron chi connectivity index (χ4n) is 4.03. The number of H-pyrrole nitrogens is 1. The first kappa shape index (κ1) is 17.4. The summed E-state index contributed by atoms with van der Waals surface area (Å²) in [6.07, 6.45) is 7.08. The van der Waals surface area contributed by atoms with Crippen molar-refractivity contribution in [3.05, 3.63) is 60.2 Å². The van der Waals surface area contributed by atoms with Crippen LogP contribution in [0.1, 0.15) is 30.0 Å². The van der Waals surface area contributed by atoms with Crippen LogP contribution in [0.4, 0.5) is 0 Å². The highest BCUT2D eigenvalue weighted by atomic mass is 32.2. The molecule has 3 aromatic heterocycles. The van der Waals surface area contributed by atoms with Crippen LogP contribution in [0.5, 0.6) is 0 Å². The Labute approximate surface area is 163 Å². The normalized spacial score (nSPS) is 16.9. The molecule has 4 aromatic rings. The summed E-state index contributed by atoms with van der Waals surface area (Å²) in [7, 11) is -3.44. The molecule has 1 aliphatic rings. The maximum absolute atomic E-state index is 12.9. The molecule has 0 bridgehead atoms. The number of imidazole rings is 1. The van der Waals surface area contributed by atoms with E-state index in [1.54, 1.807) is 22.6 Å². The number of nitrogens with zero attached hydrogens (tertiary/aromatic N) is 4. The third-order valence-electron chi connectivity index (χ3n) is 5.60. The third kappa shape index (κ3) is 2.71. The van der Waals surface area contributed by atoms with E-state index in [0.29, 0.717) is 18.0 Å². The summed E-state index contributed by atoms with van der Waals surface area (Å²) >= 11 is 0. The zero-order chi connectivity index (χ0) is 19.3. The Bertz CT molecular complexity index is 1250. The van der Waals surface area contributed by atoms with Gasteiger partial charge in [-0.1, -0.05) is 17.7 Å². The Morgan fingerprint density at radius 1 is 1.04 bits per heavy atom. The van der Waals surface area contributed by atoms with E-state index in [9.17, 15) is 8.42 Å². The number of sulfonamides is 1. The molecule has 0 aliphatic carbocycles. The highest BCUT2D eigenvalue weighted by Crippen LogP contribution is 2.32. The van der Waals surface area contributed by atoms with Crippen molar-refractivity contribution in [2.24, 2.45) is 0 Å². The van der Waals surface area contributed by atoms with Gasteiger partial charge in [-0.2, -0.15) is 4.31 Å². The second-order valence-corrected chi connectivity index (χ2v) is 9.28. The average Bonchev–Trinajstić information content (AvgIpc) is 3.34. The van der Waals surface area contributed by atoms with E-state index in [4.69, 9.17) is 0 Å². The first-order chi connectivity index (χ1) is 13.5. The Balaban J connectivity index is 1.41. The van der Waals surface area contributed by atoms with Gasteiger partial charge in [-0.3, -0.25) is 4.40 Å². The van der Waals surface area contributed by atoms with Crippen LogP contribution < -0.4 is 0 Å². The highest BCUT2D eigenvalue weighted by molar-refractivity contribution is 7.89. The molecule has 0 atom stereocenters. The van der Waals surface area contributed by atoms with Crippen LogP contribution in [0, 0.1) is 6.92 Å². The zero-order valence-electron chi connectivity index (χ0n) is 15.5. The van der Waals surface area contributed by atoms with Crippen LogP contribution in [0.25, 0.3) is 16.8 Å². The smallest absolute Gasteiger partial charge is 0.243 e. The molecular weight excluding hydrogens is 374 g/mol. The number of hydrogen-bond donors (Lipinski definition) is 1. The van der Waals surface area contributed by atoms with Gasteiger partial charge in [-0.05, 0) is 38.0 Å². The predicted molar refractivity (Wildman–Crippen MR) is 107 cm³/mol. The van der Waals surface area contributed by atoms with Crippen molar-refractivity contribution in [1.29, 1.82) is 0 Å². The number of hydrogen-bond acceptors (Lipinski definition) is 4. The Kier molecular flexibility index (Phi) is 3.99. The summed E-state index contributed by atoms with van der Waals surface area (Å²) in [5, 5.41) is 0. The molecular formula is C20H21N5O2S. The first-order valence-electron chi connectivity index (χ1n) is 9.40. The van der Waals surface area contributed by atoms with Gasteiger partial charge in [0.1, 0.15) is 0 Å². The van der Waals surface area contributed by atoms with E-state index in [1.165, 1.54) is 0 Å². The molecule has 1 N–H and O–H groups in total. The summed E-state index contributed by atoms with van der Waals surface area (Å²) < 4.78 is 29.6. The van der Waals surface area contributed by atoms with Crippen molar-refractivity contribution >= 4 is 26.8 Å². The van der Waals surface area contributed by atoms with Gasteiger partial charge in [0.25, 0.3) is 0 Å². The van der Waals surface area contributed by atoms with Crippen molar-refractivity contribution < 1.29 is 8.42 Å². The van der Waals surface area contributed by atoms with E-state index in [1.807, 2.05) is 37.5 Å². The van der Waals surface area contributed by atoms with E-state index in [0.717, 1.165) is 40.9 Å². The summed E-state index contributed by atoms with van der Waals surface area (Å²) in [6.45, 7) is 2.97. The van der Waals surface area contributed by atoms with Crippen molar-refractivity contribution in [1.82, 2.24) is 23.7 Å². The largest absolute Gasteiger partial charge is 0.345 e. The van der Waals surface area contributed by atoms with E-state index in [-0.39, 0.29) is 5.92 Å². The van der Waals surface area contributed by atoms with Crippen molar-refractivity contribution in [3.8, 4) is 0 Å². The minimum absolute atomic E-state index is 0.264. The third-order valence-corrected chi connectivity index (χ3v) is 7.51. The molecule has 144 valence electrons. The monoisotopic (exact) mass is 395 g/mol. The number of piperidine rings is 1. The molecule has 8 heteroatoms. The summed E-state index contributed by atoms with van der Waals surface area (Å²) in [6, 6.07) is 9.06. The molecule has 0 radical (unpaired) electrons. The van der Waals surface area contributed by atoms with Gasteiger partial charge in [0, 0.05) is 37.1 Å². The van der Waals surface area contributed by atoms with Crippen LogP contribution in [0.3, 0.4) is 0 Å². The minimum atomic E-state index is -3.44. The molecule has 1 saturated heterocycles. The van der Waals surface area contributed by atoms with Gasteiger partial charge in [0.2, 0.25) is 10.0 Å². The molecule has 0 unspecified atom stereocenters. The maximum Gasteiger partial charge on any atom is 0.243 e. The second kappa shape index (κ2) is 6.42. The van der Waals surface area contributed by atoms with Gasteiger partial charge >= 0.3 is 0 Å². The summed E-state index contributed by atoms with van der Waals surface area (Å²) in [5.74, 6) is 0.264. The number of fused-ring (bicyclic) bond motifs is 3. The SMILES string of the molecule is Cc1ccc(S(=O)(=O)N2CCC(c3cnc4cnc5[nH]ccc5n34)CC2)cc1. The Morgan fingerprint density at radius 3 is 2.54 bits per heavy atom. The first-order valence-corrected chi connectivity index (χ1v) is 10.8. The average molecular weight is 395 g/mol. The Hall–Kier alpha value is -2.71. The molecule has 7 nitrogen and oxygen atoms in total. The lowest BCUT2D eigenvalue weighted by Crippen LogP contribution is -2.38. The standard InChI is InChI=1S/C20H21N5O2S/c1-14-2-4-16(5-3-14)28(26,27)24-10-7-15(8-11-24)18-12-22-19-13-23-20-17(25(18)19)6-9-21-20/h2-6,9,12-13,15,21H,7-8,10-11H2,1H3. The van der Waals surface area contributed by atoms with Crippen LogP contribution in [-0.4, -0.2) is 45.2 Å². The molecule has 0 saturated carbocycles. The molecule has 1 fully saturated rings. The van der Waals surface area contributed by atoms with Gasteiger partial charge in [-0.25, -0.2) is 18.4 Å². The number of benzene rings is 1. The lowest BCUT2D eigenvalue weighted by molar-refractivity contribution is 0.316. The molecule has 28 heavy (non-hydrogen) atoms. The van der Waals surface area contributed by atoms with Crippen LogP contribution >= 0.6 is 0 Å². The summed E-state index contributed by atoms with van der Waals surface area (Å²) in [4.78, 5) is 12.4. The van der Waals surface area contributed by atoms with Crippen molar-refractivity contribution in [2.75, 3.05) is 13.1 Å². The number of aromatic amines is 1. The number of nitrogens with one attached hydrogen (secondary N) is 1.